The molecule has 2 aliphatic rings. The van der Waals surface area contributed by atoms with E-state index in [1.54, 1.807) is 56.3 Å². The number of aliphatic carboxylic acids is 1. The molecule has 2 aromatic rings. The SMILES string of the molecule is CC[C@@H](CC(O)(C1CC1)C(F)(F)F)N1C(=O)[C@@](C)(CC(=O)O)C[C@H](c2cccc(Cl)c2)C1c1ccc(Cl)cc1. The highest BCUT2D eigenvalue weighted by Crippen LogP contribution is 2.55. The van der Waals surface area contributed by atoms with Crippen molar-refractivity contribution in [2.75, 3.05) is 0 Å². The Balaban J connectivity index is 1.90. The third-order valence-corrected chi connectivity index (χ3v) is 8.77. The zero-order chi connectivity index (χ0) is 28.8. The molecule has 2 N–H and O–H groups in total. The van der Waals surface area contributed by atoms with Crippen molar-refractivity contribution in [1.29, 1.82) is 0 Å². The number of aliphatic hydroxyl groups is 1. The third-order valence-electron chi connectivity index (χ3n) is 8.29. The van der Waals surface area contributed by atoms with E-state index in [2.05, 4.69) is 0 Å². The van der Waals surface area contributed by atoms with Gasteiger partial charge in [0.1, 0.15) is 0 Å². The van der Waals surface area contributed by atoms with Crippen molar-refractivity contribution >= 4 is 35.1 Å². The average Bonchev–Trinajstić information content (AvgIpc) is 3.70. The Labute approximate surface area is 235 Å². The Kier molecular flexibility index (Phi) is 8.33. The summed E-state index contributed by atoms with van der Waals surface area (Å²) in [6.45, 7) is 3.23. The van der Waals surface area contributed by atoms with E-state index in [0.717, 1.165) is 5.56 Å². The van der Waals surface area contributed by atoms with Crippen molar-refractivity contribution < 1.29 is 33.0 Å². The summed E-state index contributed by atoms with van der Waals surface area (Å²) in [5.41, 5.74) is -2.97. The van der Waals surface area contributed by atoms with Crippen LogP contribution in [0.25, 0.3) is 0 Å². The third kappa shape index (κ3) is 5.93. The molecule has 0 bridgehead atoms. The molecule has 1 heterocycles. The van der Waals surface area contributed by atoms with Crippen LogP contribution in [0.15, 0.2) is 48.5 Å². The number of likely N-dealkylation sites (tertiary alicyclic amines) is 1. The molecule has 4 rings (SSSR count). The van der Waals surface area contributed by atoms with Crippen LogP contribution >= 0.6 is 23.2 Å². The van der Waals surface area contributed by atoms with Gasteiger partial charge in [-0.25, -0.2) is 0 Å². The molecule has 1 aliphatic heterocycles. The maximum absolute atomic E-state index is 14.3. The highest BCUT2D eigenvalue weighted by atomic mass is 35.5. The smallest absolute Gasteiger partial charge is 0.417 e. The molecule has 1 amide bonds. The van der Waals surface area contributed by atoms with Gasteiger partial charge in [-0.3, -0.25) is 9.59 Å². The summed E-state index contributed by atoms with van der Waals surface area (Å²) in [7, 11) is 0. The van der Waals surface area contributed by atoms with Crippen LogP contribution in [-0.4, -0.2) is 44.8 Å². The van der Waals surface area contributed by atoms with Crippen LogP contribution in [-0.2, 0) is 9.59 Å². The molecule has 5 nitrogen and oxygen atoms in total. The van der Waals surface area contributed by atoms with Crippen molar-refractivity contribution in [3.8, 4) is 0 Å². The number of carboxylic acid groups (broad SMARTS) is 1. The highest BCUT2D eigenvalue weighted by Gasteiger charge is 2.63. The van der Waals surface area contributed by atoms with E-state index >= 15 is 0 Å². The average molecular weight is 586 g/mol. The lowest BCUT2D eigenvalue weighted by atomic mass is 9.66. The second-order valence-electron chi connectivity index (χ2n) is 11.2. The van der Waals surface area contributed by atoms with E-state index in [-0.39, 0.29) is 25.7 Å². The van der Waals surface area contributed by atoms with E-state index in [1.165, 1.54) is 4.90 Å². The zero-order valence-electron chi connectivity index (χ0n) is 21.7. The largest absolute Gasteiger partial charge is 0.481 e. The summed E-state index contributed by atoms with van der Waals surface area (Å²) in [4.78, 5) is 27.6. The van der Waals surface area contributed by atoms with Gasteiger partial charge in [-0.15, -0.1) is 0 Å². The quantitative estimate of drug-likeness (QED) is 0.321. The first-order valence-corrected chi connectivity index (χ1v) is 13.8. The molecule has 0 radical (unpaired) electrons. The lowest BCUT2D eigenvalue weighted by Gasteiger charge is -2.53. The molecular formula is C29H32Cl2F3NO4. The number of carbonyl (C=O) groups is 2. The van der Waals surface area contributed by atoms with E-state index in [1.807, 2.05) is 6.07 Å². The molecule has 2 aromatic carbocycles. The topological polar surface area (TPSA) is 77.8 Å². The lowest BCUT2D eigenvalue weighted by molar-refractivity contribution is -0.275. The van der Waals surface area contributed by atoms with Crippen LogP contribution in [0.3, 0.4) is 0 Å². The van der Waals surface area contributed by atoms with Crippen molar-refractivity contribution in [2.24, 2.45) is 11.3 Å². The van der Waals surface area contributed by atoms with Crippen LogP contribution in [0.2, 0.25) is 10.0 Å². The van der Waals surface area contributed by atoms with Crippen LogP contribution in [0.1, 0.15) is 75.5 Å². The molecule has 0 aromatic heterocycles. The van der Waals surface area contributed by atoms with Crippen LogP contribution in [0.4, 0.5) is 13.2 Å². The first-order valence-electron chi connectivity index (χ1n) is 13.0. The minimum absolute atomic E-state index is 0.131. The summed E-state index contributed by atoms with van der Waals surface area (Å²) in [6, 6.07) is 12.0. The summed E-state index contributed by atoms with van der Waals surface area (Å²) < 4.78 is 42.8. The number of carboxylic acids is 1. The van der Waals surface area contributed by atoms with Gasteiger partial charge in [-0.2, -0.15) is 13.2 Å². The fraction of sp³-hybridized carbons (Fsp3) is 0.517. The maximum atomic E-state index is 14.3. The standard InChI is InChI=1S/C29H32Cl2F3NO4/c1-3-22(14-28(39,19-9-10-19)29(32,33)34)35-25(17-7-11-20(30)12-8-17)23(18-5-4-6-21(31)13-18)15-27(2,26(35)38)16-24(36)37/h4-8,11-13,19,22-23,25,39H,3,9-10,14-16H2,1-2H3,(H,36,37)/t22-,23+,25?,27+,28?/m0/s1. The number of hydrogen-bond donors (Lipinski definition) is 2. The van der Waals surface area contributed by atoms with Crippen molar-refractivity contribution in [3.63, 3.8) is 0 Å². The Morgan fingerprint density at radius 2 is 1.74 bits per heavy atom. The number of halogens is 5. The number of hydrogen-bond acceptors (Lipinski definition) is 3. The van der Waals surface area contributed by atoms with Crippen molar-refractivity contribution in [1.82, 2.24) is 4.90 Å². The monoisotopic (exact) mass is 585 g/mol. The number of amides is 1. The number of alkyl halides is 3. The van der Waals surface area contributed by atoms with E-state index < -0.39 is 65.8 Å². The Hall–Kier alpha value is -2.29. The normalized spacial score (nSPS) is 26.3. The molecule has 1 aliphatic carbocycles. The van der Waals surface area contributed by atoms with Gasteiger partial charge in [0.15, 0.2) is 5.60 Å². The molecule has 1 saturated heterocycles. The molecular weight excluding hydrogens is 554 g/mol. The van der Waals surface area contributed by atoms with Gasteiger partial charge < -0.3 is 15.1 Å². The van der Waals surface area contributed by atoms with Gasteiger partial charge in [0.25, 0.3) is 0 Å². The Morgan fingerprint density at radius 3 is 2.26 bits per heavy atom. The van der Waals surface area contributed by atoms with Gasteiger partial charge in [-0.1, -0.05) is 61.3 Å². The molecule has 1 saturated carbocycles. The number of carbonyl (C=O) groups excluding carboxylic acids is 1. The van der Waals surface area contributed by atoms with Crippen LogP contribution in [0.5, 0.6) is 0 Å². The van der Waals surface area contributed by atoms with Gasteiger partial charge in [-0.05, 0) is 67.0 Å². The minimum Gasteiger partial charge on any atom is -0.481 e. The van der Waals surface area contributed by atoms with E-state index in [0.29, 0.717) is 15.6 Å². The van der Waals surface area contributed by atoms with E-state index in [4.69, 9.17) is 23.2 Å². The van der Waals surface area contributed by atoms with Crippen molar-refractivity contribution in [2.45, 2.75) is 82.2 Å². The molecule has 0 spiro atoms. The maximum Gasteiger partial charge on any atom is 0.417 e. The zero-order valence-corrected chi connectivity index (χ0v) is 23.2. The number of nitrogens with zero attached hydrogens (tertiary/aromatic N) is 1. The Bertz CT molecular complexity index is 1220. The fourth-order valence-electron chi connectivity index (χ4n) is 6.15. The fourth-order valence-corrected chi connectivity index (χ4v) is 6.48. The summed E-state index contributed by atoms with van der Waals surface area (Å²) in [5, 5.41) is 21.6. The number of piperidine rings is 1. The summed E-state index contributed by atoms with van der Waals surface area (Å²) in [5.74, 6) is -3.15. The molecule has 39 heavy (non-hydrogen) atoms. The van der Waals surface area contributed by atoms with Crippen LogP contribution in [0, 0.1) is 11.3 Å². The highest BCUT2D eigenvalue weighted by molar-refractivity contribution is 6.30. The van der Waals surface area contributed by atoms with Crippen molar-refractivity contribution in [3.05, 3.63) is 69.7 Å². The van der Waals surface area contributed by atoms with Crippen LogP contribution < -0.4 is 0 Å². The summed E-state index contributed by atoms with van der Waals surface area (Å²) in [6.07, 6.45) is -5.29. The van der Waals surface area contributed by atoms with Gasteiger partial charge in [0, 0.05) is 28.4 Å². The van der Waals surface area contributed by atoms with Gasteiger partial charge >= 0.3 is 12.1 Å². The Morgan fingerprint density at radius 1 is 1.10 bits per heavy atom. The minimum atomic E-state index is -4.88. The second-order valence-corrected chi connectivity index (χ2v) is 12.0. The molecule has 212 valence electrons. The van der Waals surface area contributed by atoms with Gasteiger partial charge in [0.2, 0.25) is 5.91 Å². The molecule has 10 heteroatoms. The predicted octanol–water partition coefficient (Wildman–Crippen LogP) is 7.40. The second kappa shape index (κ2) is 10.9. The van der Waals surface area contributed by atoms with Gasteiger partial charge in [0.05, 0.1) is 17.9 Å². The first-order chi connectivity index (χ1) is 18.2. The summed E-state index contributed by atoms with van der Waals surface area (Å²) >= 11 is 12.5. The number of benzene rings is 2. The molecule has 2 unspecified atom stereocenters. The molecule has 5 atom stereocenters. The molecule has 2 fully saturated rings. The number of rotatable bonds is 9. The first kappa shape index (κ1) is 29.7. The predicted molar refractivity (Wildman–Crippen MR) is 143 cm³/mol. The lowest BCUT2D eigenvalue weighted by Crippen LogP contribution is -2.59. The van der Waals surface area contributed by atoms with E-state index in [9.17, 15) is 33.0 Å².